The van der Waals surface area contributed by atoms with Crippen molar-refractivity contribution < 1.29 is 9.90 Å². The second-order valence-electron chi connectivity index (χ2n) is 6.65. The zero-order valence-corrected chi connectivity index (χ0v) is 14.2. The molecule has 1 aliphatic rings. The number of rotatable bonds is 5. The number of carboxylic acids is 1. The summed E-state index contributed by atoms with van der Waals surface area (Å²) in [6.45, 7) is 6.26. The summed E-state index contributed by atoms with van der Waals surface area (Å²) in [5.74, 6) is -0.631. The third-order valence-corrected chi connectivity index (χ3v) is 5.20. The van der Waals surface area contributed by atoms with Crippen molar-refractivity contribution in [2.45, 2.75) is 96.4 Å². The maximum atomic E-state index is 11.5. The Balaban J connectivity index is 2.81. The number of hydrogen-bond acceptors (Lipinski definition) is 2. The molecule has 0 heterocycles. The minimum Gasteiger partial charge on any atom is -0.481 e. The van der Waals surface area contributed by atoms with E-state index >= 15 is 0 Å². The molecular formula is C18H35NO2. The fourth-order valence-electron chi connectivity index (χ4n) is 4.05. The lowest BCUT2D eigenvalue weighted by Gasteiger charge is -2.43. The van der Waals surface area contributed by atoms with Crippen LogP contribution in [0.1, 0.15) is 90.9 Å². The summed E-state index contributed by atoms with van der Waals surface area (Å²) in [4.78, 5) is 13.9. The van der Waals surface area contributed by atoms with E-state index < -0.39 is 5.97 Å². The molecule has 21 heavy (non-hydrogen) atoms. The Morgan fingerprint density at radius 2 is 1.24 bits per heavy atom. The highest BCUT2D eigenvalue weighted by Crippen LogP contribution is 2.33. The summed E-state index contributed by atoms with van der Waals surface area (Å²) >= 11 is 0. The maximum Gasteiger partial charge on any atom is 0.305 e. The Morgan fingerprint density at radius 1 is 0.857 bits per heavy atom. The van der Waals surface area contributed by atoms with Crippen LogP contribution in [0.3, 0.4) is 0 Å². The molecule has 1 rings (SSSR count). The average molecular weight is 297 g/mol. The Hall–Kier alpha value is -0.570. The smallest absolute Gasteiger partial charge is 0.305 e. The molecule has 1 fully saturated rings. The van der Waals surface area contributed by atoms with Crippen LogP contribution in [0.5, 0.6) is 0 Å². The molecule has 0 amide bonds. The molecular weight excluding hydrogens is 262 g/mol. The van der Waals surface area contributed by atoms with Crippen molar-refractivity contribution in [2.24, 2.45) is 0 Å². The van der Waals surface area contributed by atoms with Crippen LogP contribution < -0.4 is 0 Å². The van der Waals surface area contributed by atoms with Crippen molar-refractivity contribution in [3.63, 3.8) is 0 Å². The number of carboxylic acid groups (broad SMARTS) is 1. The predicted octanol–water partition coefficient (Wildman–Crippen LogP) is 4.85. The molecule has 0 atom stereocenters. The first-order valence-electron chi connectivity index (χ1n) is 9.11. The van der Waals surface area contributed by atoms with E-state index in [1.165, 1.54) is 57.8 Å². The molecule has 0 aromatic carbocycles. The van der Waals surface area contributed by atoms with E-state index in [1.54, 1.807) is 0 Å². The highest BCUT2D eigenvalue weighted by Gasteiger charge is 2.36. The third-order valence-electron chi connectivity index (χ3n) is 5.20. The molecule has 0 unspecified atom stereocenters. The van der Waals surface area contributed by atoms with Gasteiger partial charge in [-0.05, 0) is 25.9 Å². The summed E-state index contributed by atoms with van der Waals surface area (Å²) < 4.78 is 0. The first-order valence-corrected chi connectivity index (χ1v) is 9.11. The normalized spacial score (nSPS) is 21.5. The quantitative estimate of drug-likeness (QED) is 0.789. The van der Waals surface area contributed by atoms with E-state index in [0.29, 0.717) is 6.42 Å². The molecule has 1 aliphatic carbocycles. The highest BCUT2D eigenvalue weighted by atomic mass is 16.4. The summed E-state index contributed by atoms with van der Waals surface area (Å²) in [5, 5.41) is 9.43. The molecule has 0 aromatic heterocycles. The van der Waals surface area contributed by atoms with Crippen LogP contribution >= 0.6 is 0 Å². The fraction of sp³-hybridized carbons (Fsp3) is 0.944. The van der Waals surface area contributed by atoms with Crippen LogP contribution in [0, 0.1) is 0 Å². The Labute approximate surface area is 131 Å². The van der Waals surface area contributed by atoms with Crippen LogP contribution in [0.2, 0.25) is 0 Å². The molecule has 3 nitrogen and oxygen atoms in total. The molecule has 1 N–H and O–H groups in total. The second kappa shape index (κ2) is 10.2. The summed E-state index contributed by atoms with van der Waals surface area (Å²) in [5.41, 5.74) is -0.103. The number of hydrogen-bond donors (Lipinski definition) is 1. The number of nitrogens with zero attached hydrogens (tertiary/aromatic N) is 1. The van der Waals surface area contributed by atoms with E-state index in [2.05, 4.69) is 18.7 Å². The topological polar surface area (TPSA) is 40.5 Å². The molecule has 0 radical (unpaired) electrons. The molecule has 0 spiro atoms. The Kier molecular flexibility index (Phi) is 8.98. The average Bonchev–Trinajstić information content (AvgIpc) is 2.43. The van der Waals surface area contributed by atoms with Crippen LogP contribution in [-0.2, 0) is 4.79 Å². The molecule has 0 aliphatic heterocycles. The SMILES string of the molecule is CCN(CC)C1(CC(=O)O)CCCCCCCCCCC1. The summed E-state index contributed by atoms with van der Waals surface area (Å²) in [6, 6.07) is 0. The van der Waals surface area contributed by atoms with E-state index in [1.807, 2.05) is 0 Å². The molecule has 0 bridgehead atoms. The van der Waals surface area contributed by atoms with Gasteiger partial charge in [0.1, 0.15) is 0 Å². The molecule has 1 saturated carbocycles. The van der Waals surface area contributed by atoms with E-state index in [4.69, 9.17) is 0 Å². The molecule has 3 heteroatoms. The number of aliphatic carboxylic acids is 1. The lowest BCUT2D eigenvalue weighted by atomic mass is 9.81. The minimum atomic E-state index is -0.631. The van der Waals surface area contributed by atoms with Gasteiger partial charge in [-0.3, -0.25) is 9.69 Å². The zero-order valence-electron chi connectivity index (χ0n) is 14.2. The van der Waals surface area contributed by atoms with Gasteiger partial charge < -0.3 is 5.11 Å². The Morgan fingerprint density at radius 3 is 1.57 bits per heavy atom. The van der Waals surface area contributed by atoms with Gasteiger partial charge in [0.25, 0.3) is 0 Å². The monoisotopic (exact) mass is 297 g/mol. The van der Waals surface area contributed by atoms with Gasteiger partial charge >= 0.3 is 5.97 Å². The van der Waals surface area contributed by atoms with Crippen LogP contribution in [-0.4, -0.2) is 34.6 Å². The summed E-state index contributed by atoms with van der Waals surface area (Å²) in [6.07, 6.45) is 14.1. The van der Waals surface area contributed by atoms with Crippen molar-refractivity contribution in [1.82, 2.24) is 4.90 Å². The van der Waals surface area contributed by atoms with Gasteiger partial charge in [0.2, 0.25) is 0 Å². The van der Waals surface area contributed by atoms with Gasteiger partial charge in [0.15, 0.2) is 0 Å². The van der Waals surface area contributed by atoms with E-state index in [0.717, 1.165) is 25.9 Å². The van der Waals surface area contributed by atoms with Gasteiger partial charge in [-0.1, -0.05) is 71.6 Å². The molecule has 0 saturated heterocycles. The van der Waals surface area contributed by atoms with Crippen molar-refractivity contribution in [3.8, 4) is 0 Å². The third kappa shape index (κ3) is 6.37. The van der Waals surface area contributed by atoms with Crippen molar-refractivity contribution in [2.75, 3.05) is 13.1 Å². The van der Waals surface area contributed by atoms with Crippen molar-refractivity contribution in [3.05, 3.63) is 0 Å². The van der Waals surface area contributed by atoms with Gasteiger partial charge in [-0.2, -0.15) is 0 Å². The van der Waals surface area contributed by atoms with Gasteiger partial charge in [-0.15, -0.1) is 0 Å². The van der Waals surface area contributed by atoms with E-state index in [9.17, 15) is 9.90 Å². The predicted molar refractivity (Wildman–Crippen MR) is 88.7 cm³/mol. The van der Waals surface area contributed by atoms with Crippen LogP contribution in [0.15, 0.2) is 0 Å². The lowest BCUT2D eigenvalue weighted by Crippen LogP contribution is -2.50. The van der Waals surface area contributed by atoms with Crippen LogP contribution in [0.25, 0.3) is 0 Å². The van der Waals surface area contributed by atoms with E-state index in [-0.39, 0.29) is 5.54 Å². The number of carbonyl (C=O) groups is 1. The standard InChI is InChI=1S/C18H35NO2/c1-3-19(4-2)18(16-17(20)21)14-12-10-8-6-5-7-9-11-13-15-18/h3-16H2,1-2H3,(H,20,21). The minimum absolute atomic E-state index is 0.103. The zero-order chi connectivity index (χ0) is 15.6. The van der Waals surface area contributed by atoms with Gasteiger partial charge in [0, 0.05) is 5.54 Å². The summed E-state index contributed by atoms with van der Waals surface area (Å²) in [7, 11) is 0. The first-order chi connectivity index (χ1) is 10.1. The lowest BCUT2D eigenvalue weighted by molar-refractivity contribution is -0.141. The molecule has 0 aromatic rings. The maximum absolute atomic E-state index is 11.5. The first kappa shape index (κ1) is 18.5. The Bertz CT molecular complexity index is 275. The largest absolute Gasteiger partial charge is 0.481 e. The highest BCUT2D eigenvalue weighted by molar-refractivity contribution is 5.68. The fourth-order valence-corrected chi connectivity index (χ4v) is 4.05. The van der Waals surface area contributed by atoms with Crippen molar-refractivity contribution >= 4 is 5.97 Å². The second-order valence-corrected chi connectivity index (χ2v) is 6.65. The van der Waals surface area contributed by atoms with Gasteiger partial charge in [-0.25, -0.2) is 0 Å². The van der Waals surface area contributed by atoms with Crippen LogP contribution in [0.4, 0.5) is 0 Å². The van der Waals surface area contributed by atoms with Gasteiger partial charge in [0.05, 0.1) is 6.42 Å². The molecule has 124 valence electrons. The van der Waals surface area contributed by atoms with Crippen molar-refractivity contribution in [1.29, 1.82) is 0 Å².